The van der Waals surface area contributed by atoms with Gasteiger partial charge in [0.25, 0.3) is 0 Å². The first kappa shape index (κ1) is 84.0. The molecule has 0 heterocycles. The average Bonchev–Trinajstić information content (AvgIpc) is 0.707. The van der Waals surface area contributed by atoms with Crippen molar-refractivity contribution in [2.75, 3.05) is 65.6 Å². The summed E-state index contributed by atoms with van der Waals surface area (Å²) in [6, 6.07) is 7.96. The summed E-state index contributed by atoms with van der Waals surface area (Å²) >= 11 is 6.65. The summed E-state index contributed by atoms with van der Waals surface area (Å²) < 4.78 is 457. The van der Waals surface area contributed by atoms with Crippen molar-refractivity contribution in [3.63, 3.8) is 0 Å². The molecule has 7 aromatic carbocycles. The van der Waals surface area contributed by atoms with Crippen LogP contribution in [0, 0.1) is 175 Å². The zero-order chi connectivity index (χ0) is 76.1. The van der Waals surface area contributed by atoms with Crippen LogP contribution in [0.4, 0.5) is 132 Å². The summed E-state index contributed by atoms with van der Waals surface area (Å²) in [6.45, 7) is 12.0. The molecule has 0 bridgehead atoms. The number of hydrogen-bond donors (Lipinski definition) is 0. The van der Waals surface area contributed by atoms with Crippen LogP contribution in [0.5, 0.6) is 0 Å². The van der Waals surface area contributed by atoms with Crippen LogP contribution in [0.15, 0.2) is 33.2 Å². The molecule has 0 fully saturated rings. The Bertz CT molecular complexity index is 3410. The van der Waals surface area contributed by atoms with E-state index in [2.05, 4.69) is 31.9 Å². The zero-order valence-corrected chi connectivity index (χ0v) is 55.3. The summed E-state index contributed by atoms with van der Waals surface area (Å²) in [5, 5.41) is 0. The van der Waals surface area contributed by atoms with Crippen molar-refractivity contribution < 1.29 is 150 Å². The van der Waals surface area contributed by atoms with Crippen LogP contribution in [0.1, 0.15) is 67.2 Å². The zero-order valence-electron chi connectivity index (χ0n) is 52.2. The van der Waals surface area contributed by atoms with Crippen LogP contribution >= 0.6 is 31.9 Å². The van der Waals surface area contributed by atoms with Crippen LogP contribution in [0.25, 0.3) is 0 Å². The first-order valence-corrected chi connectivity index (χ1v) is 31.0. The Kier molecular flexibility index (Phi) is 28.3. The molecule has 7 rings (SSSR count). The van der Waals surface area contributed by atoms with Crippen molar-refractivity contribution in [2.24, 2.45) is 0 Å². The topological polar surface area (TPSA) is 18.5 Å². The van der Waals surface area contributed by atoms with Gasteiger partial charge in [-0.2, -0.15) is 0 Å². The highest BCUT2D eigenvalue weighted by molar-refractivity contribution is 9.11. The molecular weight excluding hydrogens is 1560 g/mol. The Morgan fingerprint density at radius 2 is 0.360 bits per heavy atom. The normalized spacial score (nSPS) is 12.1. The molecule has 100 heavy (non-hydrogen) atoms. The number of halogens is 32. The number of quaternary nitrogens is 2. The summed E-state index contributed by atoms with van der Waals surface area (Å²) in [7, 11) is 0. The molecule has 0 aliphatic heterocycles. The van der Waals surface area contributed by atoms with Gasteiger partial charge in [-0.1, -0.05) is 64.6 Å². The van der Waals surface area contributed by atoms with E-state index in [1.165, 1.54) is 0 Å². The molecular formula is C62H50B2Br2F30N2O2. The maximum absolute atomic E-state index is 15.4. The second kappa shape index (κ2) is 33.7. The lowest BCUT2D eigenvalue weighted by molar-refractivity contribution is -0.923. The van der Waals surface area contributed by atoms with Gasteiger partial charge in [-0.15, -0.1) is 0 Å². The van der Waals surface area contributed by atoms with Crippen molar-refractivity contribution in [1.82, 2.24) is 0 Å². The van der Waals surface area contributed by atoms with Crippen LogP contribution in [-0.2, 0) is 9.31 Å². The Morgan fingerprint density at radius 1 is 0.230 bits per heavy atom. The lowest BCUT2D eigenvalue weighted by Crippen LogP contribution is -2.75. The van der Waals surface area contributed by atoms with Gasteiger partial charge in [0.05, 0.1) is 52.4 Å². The molecule has 0 aliphatic rings. The van der Waals surface area contributed by atoms with Crippen LogP contribution in [0.3, 0.4) is 0 Å². The molecule has 550 valence electrons. The molecule has 0 aliphatic carbocycles. The summed E-state index contributed by atoms with van der Waals surface area (Å²) in [5.41, 5.74) is -16.6. The molecule has 0 spiro atoms. The van der Waals surface area contributed by atoms with Gasteiger partial charge in [0.1, 0.15) is 69.8 Å². The molecule has 38 heteroatoms. The third-order valence-corrected chi connectivity index (χ3v) is 18.6. The molecule has 0 saturated heterocycles. The van der Waals surface area contributed by atoms with Crippen molar-refractivity contribution in [2.45, 2.75) is 67.2 Å². The first-order valence-electron chi connectivity index (χ1n) is 29.4. The predicted octanol–water partition coefficient (Wildman–Crippen LogP) is 16.0. The van der Waals surface area contributed by atoms with Crippen LogP contribution < -0.4 is 32.8 Å². The molecule has 7 aromatic rings. The van der Waals surface area contributed by atoms with Gasteiger partial charge in [-0.3, -0.25) is 0 Å². The lowest BCUT2D eigenvalue weighted by atomic mass is 9.27. The summed E-state index contributed by atoms with van der Waals surface area (Å²) in [5.74, 6) is -91.9. The predicted molar refractivity (Wildman–Crippen MR) is 312 cm³/mol. The third-order valence-electron chi connectivity index (χ3n) is 17.5. The van der Waals surface area contributed by atoms with E-state index in [0.29, 0.717) is 48.2 Å². The molecule has 0 amide bonds. The smallest absolute Gasteiger partial charge is 0.216 e. The molecule has 0 aromatic heterocycles. The Morgan fingerprint density at radius 3 is 0.490 bits per heavy atom. The minimum absolute atomic E-state index is 0.00695. The van der Waals surface area contributed by atoms with E-state index in [1.54, 1.807) is 41.5 Å². The second-order valence-corrected chi connectivity index (χ2v) is 23.9. The second-order valence-electron chi connectivity index (χ2n) is 22.1. The van der Waals surface area contributed by atoms with E-state index in [4.69, 9.17) is 9.31 Å². The van der Waals surface area contributed by atoms with Crippen molar-refractivity contribution in [3.05, 3.63) is 208 Å². The van der Waals surface area contributed by atoms with Gasteiger partial charge in [0.2, 0.25) is 12.7 Å². The fraction of sp³-hybridized carbons (Fsp3) is 0.323. The minimum Gasteiger partial charge on any atom is -0.579 e. The van der Waals surface area contributed by atoms with Crippen molar-refractivity contribution in [3.8, 4) is 0 Å². The molecule has 0 unspecified atom stereocenters. The number of unbranched alkanes of at least 4 members (excludes halogenated alkanes) is 2. The summed E-state index contributed by atoms with van der Waals surface area (Å²) in [4.78, 5) is 0. The van der Waals surface area contributed by atoms with E-state index in [-0.39, 0.29) is 25.9 Å². The minimum atomic E-state index is -5.98. The van der Waals surface area contributed by atoms with Gasteiger partial charge in [-0.25, -0.2) is 132 Å². The Labute approximate surface area is 565 Å². The fourth-order valence-corrected chi connectivity index (χ4v) is 12.1. The number of hydrogen-bond acceptors (Lipinski definition) is 2. The van der Waals surface area contributed by atoms with Crippen molar-refractivity contribution in [1.29, 1.82) is 0 Å². The van der Waals surface area contributed by atoms with Gasteiger partial charge in [0.15, 0.2) is 105 Å². The highest BCUT2D eigenvalue weighted by atomic mass is 79.9. The Balaban J connectivity index is 0.000000323. The largest absolute Gasteiger partial charge is 0.579 e. The number of nitrogens with zero attached hydrogens (tertiary/aromatic N) is 2. The van der Waals surface area contributed by atoms with E-state index in [9.17, 15) is 79.0 Å². The van der Waals surface area contributed by atoms with E-state index in [1.807, 2.05) is 24.3 Å². The van der Waals surface area contributed by atoms with Gasteiger partial charge >= 0.3 is 0 Å². The monoisotopic (exact) mass is 1600 g/mol. The lowest BCUT2D eigenvalue weighted by Gasteiger charge is -2.44. The quantitative estimate of drug-likeness (QED) is 0.0150. The summed E-state index contributed by atoms with van der Waals surface area (Å²) in [6.07, 6.45) is -12.9. The van der Waals surface area contributed by atoms with E-state index < -0.39 is 246 Å². The van der Waals surface area contributed by atoms with Gasteiger partial charge < -0.3 is 18.3 Å². The fourth-order valence-electron chi connectivity index (χ4n) is 11.6. The van der Waals surface area contributed by atoms with Crippen molar-refractivity contribution >= 4 is 77.3 Å². The van der Waals surface area contributed by atoms with E-state index >= 15 is 52.7 Å². The highest BCUT2D eigenvalue weighted by Crippen LogP contribution is 2.33. The first-order chi connectivity index (χ1) is 46.6. The molecule has 0 saturated carbocycles. The molecule has 0 N–H and O–H groups in total. The number of rotatable bonds is 24. The van der Waals surface area contributed by atoms with E-state index in [0.717, 1.165) is 8.95 Å². The van der Waals surface area contributed by atoms with Gasteiger partial charge in [-0.05, 0) is 91.5 Å². The molecule has 4 nitrogen and oxygen atoms in total. The average molecular weight is 1610 g/mol. The SMILES string of the molecule is Brc1ccc(Br)cc1.CC[N+](CC)(CC)CCCCO[B-](c1c(F)c(F)c(F)c(F)c1F)(c1c(F)c(F)c(F)c(F)c1F)c1c(F)c(F)c(F)c(F)c1F.CC[N+](CC)(CC)CCCCO[B-](c1c(F)c(F)c(F)c(F)c1F)(c1c(F)c(F)c(F)c(F)c1F)c1c(F)c(F)c(F)c(F)c1F. The molecule has 0 atom stereocenters. The van der Waals surface area contributed by atoms with Gasteiger partial charge in [0, 0.05) is 22.2 Å². The standard InChI is InChI=1S/2C28H23BF15NO.C6H4Br2/c2*1-4-45(5-2,6-3)9-7-8-10-46-29(11-14(30)20(36)26(42)21(37)15(11)31,12-16(32)22(38)27(43)23(39)17(12)33)13-18(34)24(40)28(44)25(41)19(13)35;7-5-1-2-6(8)4-3-5/h2*4-10H2,1-3H3;1-4H. The maximum Gasteiger partial charge on any atom is 0.216 e. The van der Waals surface area contributed by atoms with Crippen LogP contribution in [-0.4, -0.2) is 87.2 Å². The number of benzene rings is 7. The molecule has 0 radical (unpaired) electrons. The Hall–Kier alpha value is -6.63. The maximum atomic E-state index is 15.4. The van der Waals surface area contributed by atoms with Crippen LogP contribution in [0.2, 0.25) is 0 Å². The third kappa shape index (κ3) is 15.2. The highest BCUT2D eigenvalue weighted by Gasteiger charge is 2.52.